The Morgan fingerprint density at radius 2 is 1.95 bits per heavy atom. The van der Waals surface area contributed by atoms with Crippen LogP contribution in [0.3, 0.4) is 0 Å². The molecule has 2 heterocycles. The minimum atomic E-state index is 0.590. The van der Waals surface area contributed by atoms with E-state index in [0.29, 0.717) is 5.41 Å². The van der Waals surface area contributed by atoms with Gasteiger partial charge in [-0.05, 0) is 31.4 Å². The summed E-state index contributed by atoms with van der Waals surface area (Å²) in [6, 6.07) is 2.16. The fraction of sp³-hybridized carbons (Fsp3) is 0.688. The molecule has 0 atom stereocenters. The minimum Gasteiger partial charge on any atom is -0.371 e. The fourth-order valence-corrected chi connectivity index (χ4v) is 3.23. The molecule has 0 saturated carbocycles. The zero-order valence-electron chi connectivity index (χ0n) is 12.6. The minimum absolute atomic E-state index is 0.590. The average molecular weight is 261 g/mol. The molecule has 0 aliphatic carbocycles. The topological polar surface area (TPSA) is 28.2 Å². The van der Waals surface area contributed by atoms with Crippen LogP contribution in [0.5, 0.6) is 0 Å². The monoisotopic (exact) mass is 261 g/mol. The van der Waals surface area contributed by atoms with Crippen LogP contribution in [0.1, 0.15) is 45.1 Å². The van der Waals surface area contributed by atoms with Crippen molar-refractivity contribution in [2.45, 2.75) is 46.1 Å². The van der Waals surface area contributed by atoms with Gasteiger partial charge < -0.3 is 10.2 Å². The summed E-state index contributed by atoms with van der Waals surface area (Å²) in [4.78, 5) is 6.79. The van der Waals surface area contributed by atoms with Gasteiger partial charge in [-0.15, -0.1) is 0 Å². The summed E-state index contributed by atoms with van der Waals surface area (Å²) < 4.78 is 0. The summed E-state index contributed by atoms with van der Waals surface area (Å²) in [6.45, 7) is 7.95. The lowest BCUT2D eigenvalue weighted by Crippen LogP contribution is -2.40. The largest absolute Gasteiger partial charge is 0.371 e. The molecular formula is C16H27N3. The molecule has 106 valence electrons. The molecule has 1 fully saturated rings. The van der Waals surface area contributed by atoms with Crippen molar-refractivity contribution < 1.29 is 0 Å². The first-order valence-corrected chi connectivity index (χ1v) is 7.57. The van der Waals surface area contributed by atoms with Crippen molar-refractivity contribution in [1.82, 2.24) is 10.3 Å². The van der Waals surface area contributed by atoms with Gasteiger partial charge in [-0.1, -0.05) is 26.7 Å². The van der Waals surface area contributed by atoms with Gasteiger partial charge in [0.05, 0.1) is 0 Å². The number of hydrogen-bond donors (Lipinski definition) is 1. The molecule has 19 heavy (non-hydrogen) atoms. The van der Waals surface area contributed by atoms with E-state index in [-0.39, 0.29) is 0 Å². The summed E-state index contributed by atoms with van der Waals surface area (Å²) in [5, 5.41) is 3.24. The van der Waals surface area contributed by atoms with Crippen LogP contribution in [0.25, 0.3) is 0 Å². The van der Waals surface area contributed by atoms with Gasteiger partial charge in [0.2, 0.25) is 0 Å². The van der Waals surface area contributed by atoms with Crippen LogP contribution in [-0.4, -0.2) is 25.1 Å². The summed E-state index contributed by atoms with van der Waals surface area (Å²) in [7, 11) is 1.99. The first-order valence-electron chi connectivity index (χ1n) is 7.57. The molecule has 1 aliphatic rings. The Bertz CT molecular complexity index is 389. The number of hydrogen-bond acceptors (Lipinski definition) is 3. The molecule has 3 heteroatoms. The quantitative estimate of drug-likeness (QED) is 0.882. The lowest BCUT2D eigenvalue weighted by molar-refractivity contribution is 0.199. The van der Waals surface area contributed by atoms with Crippen molar-refractivity contribution in [3.05, 3.63) is 24.0 Å². The Hall–Kier alpha value is -1.09. The van der Waals surface area contributed by atoms with E-state index in [9.17, 15) is 0 Å². The highest BCUT2D eigenvalue weighted by Gasteiger charge is 2.31. The molecule has 3 nitrogen and oxygen atoms in total. The van der Waals surface area contributed by atoms with E-state index < -0.39 is 0 Å². The molecule has 0 amide bonds. The SMILES string of the molecule is CCC1(CC)CCN(c2ccncc2CNC)CC1. The van der Waals surface area contributed by atoms with Gasteiger partial charge >= 0.3 is 0 Å². The highest BCUT2D eigenvalue weighted by Crippen LogP contribution is 2.39. The number of aromatic nitrogens is 1. The van der Waals surface area contributed by atoms with Crippen molar-refractivity contribution in [3.8, 4) is 0 Å². The Kier molecular flexibility index (Phi) is 4.81. The second-order valence-electron chi connectivity index (χ2n) is 5.73. The third-order valence-electron chi connectivity index (χ3n) is 4.91. The molecule has 2 rings (SSSR count). The van der Waals surface area contributed by atoms with Crippen LogP contribution < -0.4 is 10.2 Å². The molecule has 1 aliphatic heterocycles. The first-order chi connectivity index (χ1) is 9.24. The van der Waals surface area contributed by atoms with Crippen LogP contribution in [0.2, 0.25) is 0 Å². The van der Waals surface area contributed by atoms with Crippen LogP contribution in [0.4, 0.5) is 5.69 Å². The molecule has 1 saturated heterocycles. The summed E-state index contributed by atoms with van der Waals surface area (Å²) in [6.07, 6.45) is 9.18. The molecule has 0 unspecified atom stereocenters. The van der Waals surface area contributed by atoms with Crippen LogP contribution >= 0.6 is 0 Å². The third kappa shape index (κ3) is 3.08. The maximum absolute atomic E-state index is 4.25. The third-order valence-corrected chi connectivity index (χ3v) is 4.91. The predicted octanol–water partition coefficient (Wildman–Crippen LogP) is 3.21. The molecule has 0 bridgehead atoms. The number of nitrogens with one attached hydrogen (secondary N) is 1. The van der Waals surface area contributed by atoms with Gasteiger partial charge in [0.15, 0.2) is 0 Å². The first kappa shape index (κ1) is 14.3. The summed E-state index contributed by atoms with van der Waals surface area (Å²) in [5.41, 5.74) is 3.27. The van der Waals surface area contributed by atoms with E-state index in [2.05, 4.69) is 35.1 Å². The molecule has 1 aromatic rings. The van der Waals surface area contributed by atoms with E-state index in [1.807, 2.05) is 19.4 Å². The highest BCUT2D eigenvalue weighted by atomic mass is 15.1. The van der Waals surface area contributed by atoms with Gasteiger partial charge in [-0.2, -0.15) is 0 Å². The van der Waals surface area contributed by atoms with E-state index in [1.54, 1.807) is 0 Å². The van der Waals surface area contributed by atoms with Crippen molar-refractivity contribution in [2.24, 2.45) is 5.41 Å². The average Bonchev–Trinajstić information content (AvgIpc) is 2.48. The van der Waals surface area contributed by atoms with E-state index in [1.165, 1.54) is 50.0 Å². The van der Waals surface area contributed by atoms with Crippen molar-refractivity contribution in [3.63, 3.8) is 0 Å². The lowest BCUT2D eigenvalue weighted by Gasteiger charge is -2.42. The normalized spacial score (nSPS) is 18.6. The van der Waals surface area contributed by atoms with Gasteiger partial charge in [-0.25, -0.2) is 0 Å². The zero-order valence-corrected chi connectivity index (χ0v) is 12.6. The summed E-state index contributed by atoms with van der Waals surface area (Å²) in [5.74, 6) is 0. The second kappa shape index (κ2) is 6.38. The van der Waals surface area contributed by atoms with Crippen molar-refractivity contribution in [2.75, 3.05) is 25.0 Å². The highest BCUT2D eigenvalue weighted by molar-refractivity contribution is 5.52. The van der Waals surface area contributed by atoms with Gasteiger partial charge in [0, 0.05) is 43.3 Å². The van der Waals surface area contributed by atoms with Crippen molar-refractivity contribution in [1.29, 1.82) is 0 Å². The van der Waals surface area contributed by atoms with Crippen molar-refractivity contribution >= 4 is 5.69 Å². The van der Waals surface area contributed by atoms with Crippen LogP contribution in [-0.2, 0) is 6.54 Å². The smallest absolute Gasteiger partial charge is 0.0442 e. The molecule has 1 aromatic heterocycles. The number of pyridine rings is 1. The van der Waals surface area contributed by atoms with Gasteiger partial charge in [0.1, 0.15) is 0 Å². The molecule has 0 radical (unpaired) electrons. The van der Waals surface area contributed by atoms with Crippen LogP contribution in [0, 0.1) is 5.41 Å². The molecule has 1 N–H and O–H groups in total. The standard InChI is InChI=1S/C16H27N3/c1-4-16(5-2)7-10-19(11-8-16)15-6-9-18-13-14(15)12-17-3/h6,9,13,17H,4-5,7-8,10-12H2,1-3H3. The zero-order chi connectivity index (χ0) is 13.7. The maximum atomic E-state index is 4.25. The Balaban J connectivity index is 2.09. The number of nitrogens with zero attached hydrogens (tertiary/aromatic N) is 2. The molecular weight excluding hydrogens is 234 g/mol. The fourth-order valence-electron chi connectivity index (χ4n) is 3.23. The maximum Gasteiger partial charge on any atom is 0.0442 e. The van der Waals surface area contributed by atoms with Gasteiger partial charge in [0.25, 0.3) is 0 Å². The Morgan fingerprint density at radius 3 is 2.53 bits per heavy atom. The number of piperidine rings is 1. The second-order valence-corrected chi connectivity index (χ2v) is 5.73. The van der Waals surface area contributed by atoms with E-state index in [0.717, 1.165) is 6.54 Å². The van der Waals surface area contributed by atoms with Gasteiger partial charge in [-0.3, -0.25) is 4.98 Å². The predicted molar refractivity (Wildman–Crippen MR) is 81.5 cm³/mol. The summed E-state index contributed by atoms with van der Waals surface area (Å²) >= 11 is 0. The Morgan fingerprint density at radius 1 is 1.26 bits per heavy atom. The van der Waals surface area contributed by atoms with Crippen LogP contribution in [0.15, 0.2) is 18.5 Å². The number of rotatable bonds is 5. The number of anilines is 1. The lowest BCUT2D eigenvalue weighted by atomic mass is 9.74. The van der Waals surface area contributed by atoms with E-state index in [4.69, 9.17) is 0 Å². The van der Waals surface area contributed by atoms with E-state index >= 15 is 0 Å². The Labute approximate surface area is 117 Å². The molecule has 0 spiro atoms. The molecule has 0 aromatic carbocycles.